The predicted molar refractivity (Wildman–Crippen MR) is 294 cm³/mol. The number of pyridine rings is 1. The molecule has 0 bridgehead atoms. The van der Waals surface area contributed by atoms with Crippen molar-refractivity contribution in [3.05, 3.63) is 64.4 Å². The number of benzene rings is 1. The minimum Gasteiger partial charge on any atom is -0.467 e. The van der Waals surface area contributed by atoms with E-state index >= 15 is 0 Å². The molecule has 0 saturated carbocycles. The summed E-state index contributed by atoms with van der Waals surface area (Å²) in [5.74, 6) is -1.93. The predicted octanol–water partition coefficient (Wildman–Crippen LogP) is 3.56. The largest absolute Gasteiger partial charge is 0.467 e. The van der Waals surface area contributed by atoms with Crippen LogP contribution in [0, 0.1) is 12.8 Å². The Kier molecular flexibility index (Phi) is 24.7. The number of halogens is 2. The van der Waals surface area contributed by atoms with Crippen molar-refractivity contribution in [3.8, 4) is 11.1 Å². The maximum absolute atomic E-state index is 14.0. The lowest BCUT2D eigenvalue weighted by atomic mass is 10.0. The molecule has 1 aliphatic heterocycles. The first-order valence-electron chi connectivity index (χ1n) is 25.0. The van der Waals surface area contributed by atoms with E-state index in [4.69, 9.17) is 28.4 Å². The lowest BCUT2D eigenvalue weighted by Crippen LogP contribution is -2.47. The van der Waals surface area contributed by atoms with E-state index in [-0.39, 0.29) is 143 Å². The number of esters is 1. The van der Waals surface area contributed by atoms with E-state index in [1.54, 1.807) is 56.3 Å². The molecule has 25 nitrogen and oxygen atoms in total. The molecule has 1 aromatic carbocycles. The second-order valence-electron chi connectivity index (χ2n) is 18.9. The molecule has 5 rings (SSSR count). The number of nitrogens with one attached hydrogen (secondary N) is 5. The number of nitrogens with zero attached hydrogens (tertiary/aromatic N) is 6. The number of rotatable bonds is 29. The lowest BCUT2D eigenvalue weighted by Gasteiger charge is -2.27. The van der Waals surface area contributed by atoms with Crippen LogP contribution in [-0.2, 0) is 70.3 Å². The van der Waals surface area contributed by atoms with Crippen LogP contribution in [0.4, 0.5) is 10.6 Å². The van der Waals surface area contributed by atoms with Gasteiger partial charge in [-0.1, -0.05) is 41.6 Å². The second kappa shape index (κ2) is 30.8. The van der Waals surface area contributed by atoms with Crippen LogP contribution in [0.2, 0.25) is 0 Å². The molecular formula is C51H67BrIN11O14. The zero-order valence-electron chi connectivity index (χ0n) is 44.6. The van der Waals surface area contributed by atoms with Crippen molar-refractivity contribution in [1.82, 2.24) is 50.9 Å². The standard InChI is InChI=1S/C51H67BrIN11O14/c1-30-8-12-39(52)60-47(30)61-48(70)38-22-31(2)46(53)64(38)44(69)27-63-37-11-9-33(23-35(37)45(62-63)32(3)65)34-24-56-40(57-25-34)26-58-43(68)29-77-21-19-75-17-15-55-42(67)28-76-20-18-74-16-14-54-41(66)13-10-36(49(71)73-7)59-50(72)78-51(4,5)6/h8-9,11-12,23-25,31,36,38,46H,10,13-22,26-29H2,1-7H3,(H,54,66)(H,55,67)(H,58,68)(H,59,72)(H,60,61,70)/t31-,36-,38-,46-/m0/s1. The van der Waals surface area contributed by atoms with Gasteiger partial charge in [-0.2, -0.15) is 5.10 Å². The van der Waals surface area contributed by atoms with Crippen molar-refractivity contribution in [3.63, 3.8) is 0 Å². The number of Topliss-reactive ketones (excluding diaryl/α,β-unsaturated/α-hetero) is 1. The quantitative estimate of drug-likeness (QED) is 0.00987. The van der Waals surface area contributed by atoms with E-state index < -0.39 is 29.7 Å². The molecule has 1 aliphatic rings. The number of carbonyl (C=O) groups excluding carboxylic acids is 8. The fourth-order valence-corrected chi connectivity index (χ4v) is 9.03. The number of ketones is 1. The van der Waals surface area contributed by atoms with Gasteiger partial charge in [-0.05, 0) is 91.7 Å². The van der Waals surface area contributed by atoms with Crippen LogP contribution in [0.3, 0.4) is 0 Å². The van der Waals surface area contributed by atoms with Gasteiger partial charge in [-0.25, -0.2) is 24.5 Å². The number of aromatic nitrogens is 5. The topological polar surface area (TPSA) is 312 Å². The number of methoxy groups -OCH3 is 1. The average molecular weight is 1260 g/mol. The fourth-order valence-electron chi connectivity index (χ4n) is 7.72. The van der Waals surface area contributed by atoms with Crippen LogP contribution in [-0.4, -0.2) is 172 Å². The second-order valence-corrected chi connectivity index (χ2v) is 21.0. The maximum Gasteiger partial charge on any atom is 0.408 e. The van der Waals surface area contributed by atoms with Gasteiger partial charge in [-0.15, -0.1) is 0 Å². The summed E-state index contributed by atoms with van der Waals surface area (Å²) in [5.41, 5.74) is 2.11. The molecule has 4 atom stereocenters. The van der Waals surface area contributed by atoms with Gasteiger partial charge in [0.2, 0.25) is 29.5 Å². The summed E-state index contributed by atoms with van der Waals surface area (Å²) in [5, 5.41) is 18.4. The van der Waals surface area contributed by atoms with Crippen LogP contribution in [0.5, 0.6) is 0 Å². The molecule has 1 fully saturated rings. The SMILES string of the molecule is COC(=O)[C@H](CCC(=O)NCCOCCOCC(=O)NCCOCCOCC(=O)NCc1ncc(-c2ccc3c(c2)c(C(C)=O)nn3CC(=O)N2[C@H](I)[C@@H](C)C[C@H]2C(=O)Nc2nc(Br)ccc2C)cn1)NC(=O)OC(C)(C)C. The molecule has 0 aliphatic carbocycles. The Bertz CT molecular complexity index is 2740. The third-order valence-electron chi connectivity index (χ3n) is 11.6. The van der Waals surface area contributed by atoms with Crippen LogP contribution in [0.15, 0.2) is 47.3 Å². The van der Waals surface area contributed by atoms with Crippen LogP contribution >= 0.6 is 38.5 Å². The summed E-state index contributed by atoms with van der Waals surface area (Å²) < 4.78 is 33.2. The smallest absolute Gasteiger partial charge is 0.408 e. The highest BCUT2D eigenvalue weighted by molar-refractivity contribution is 14.1. The molecule has 4 aromatic rings. The molecule has 0 unspecified atom stereocenters. The maximum atomic E-state index is 14.0. The highest BCUT2D eigenvalue weighted by Crippen LogP contribution is 2.35. The summed E-state index contributed by atoms with van der Waals surface area (Å²) in [6.45, 7) is 11.2. The van der Waals surface area contributed by atoms with Crippen molar-refractivity contribution in [2.45, 2.75) is 95.6 Å². The number of carbonyl (C=O) groups is 8. The number of hydrogen-bond donors (Lipinski definition) is 5. The molecular weight excluding hydrogens is 1200 g/mol. The number of hydrogen-bond acceptors (Lipinski definition) is 18. The minimum absolute atomic E-state index is 0.00700. The number of ether oxygens (including phenoxy) is 6. The molecule has 3 aromatic heterocycles. The van der Waals surface area contributed by atoms with Crippen LogP contribution in [0.25, 0.3) is 22.0 Å². The molecule has 0 spiro atoms. The molecule has 0 radical (unpaired) electrons. The van der Waals surface area contributed by atoms with Gasteiger partial charge in [0.1, 0.15) is 59.4 Å². The Morgan fingerprint density at radius 2 is 1.46 bits per heavy atom. The first-order valence-corrected chi connectivity index (χ1v) is 27.1. The fraction of sp³-hybridized carbons (Fsp3) is 0.529. The van der Waals surface area contributed by atoms with Crippen molar-refractivity contribution < 1.29 is 66.8 Å². The number of aryl methyl sites for hydroxylation is 1. The third kappa shape index (κ3) is 19.9. The first kappa shape index (κ1) is 62.6. The van der Waals surface area contributed by atoms with Crippen molar-refractivity contribution >= 4 is 103 Å². The van der Waals surface area contributed by atoms with Gasteiger partial charge in [-0.3, -0.25) is 33.4 Å². The minimum atomic E-state index is -1.05. The zero-order chi connectivity index (χ0) is 56.9. The van der Waals surface area contributed by atoms with Crippen molar-refractivity contribution in [1.29, 1.82) is 0 Å². The number of likely N-dealkylation sites (tertiary alicyclic amines) is 1. The Hall–Kier alpha value is -6.27. The van der Waals surface area contributed by atoms with Gasteiger partial charge < -0.3 is 59.9 Å². The molecule has 6 amide bonds. The van der Waals surface area contributed by atoms with Gasteiger partial charge in [0.05, 0.1) is 62.9 Å². The number of anilines is 1. The molecule has 1 saturated heterocycles. The number of alkyl carbamates (subject to hydrolysis) is 1. The van der Waals surface area contributed by atoms with E-state index in [1.807, 2.05) is 26.0 Å². The van der Waals surface area contributed by atoms with E-state index in [9.17, 15) is 38.4 Å². The van der Waals surface area contributed by atoms with E-state index in [0.717, 1.165) is 5.56 Å². The monoisotopic (exact) mass is 1260 g/mol. The molecule has 5 N–H and O–H groups in total. The third-order valence-corrected chi connectivity index (χ3v) is 13.9. The van der Waals surface area contributed by atoms with E-state index in [1.165, 1.54) is 18.7 Å². The number of alkyl halides is 1. The highest BCUT2D eigenvalue weighted by atomic mass is 127. The number of fused-ring (bicyclic) bond motifs is 1. The molecule has 4 heterocycles. The van der Waals surface area contributed by atoms with Crippen molar-refractivity contribution in [2.75, 3.05) is 78.4 Å². The van der Waals surface area contributed by atoms with Gasteiger partial charge in [0.25, 0.3) is 0 Å². The van der Waals surface area contributed by atoms with E-state index in [0.29, 0.717) is 44.7 Å². The zero-order valence-corrected chi connectivity index (χ0v) is 48.4. The average Bonchev–Trinajstić information content (AvgIpc) is 3.92. The van der Waals surface area contributed by atoms with Gasteiger partial charge >= 0.3 is 12.1 Å². The lowest BCUT2D eigenvalue weighted by molar-refractivity contribution is -0.143. The summed E-state index contributed by atoms with van der Waals surface area (Å²) in [7, 11) is 1.18. The Morgan fingerprint density at radius 3 is 2.09 bits per heavy atom. The van der Waals surface area contributed by atoms with Crippen LogP contribution < -0.4 is 26.6 Å². The summed E-state index contributed by atoms with van der Waals surface area (Å²) in [6.07, 6.45) is 2.82. The molecule has 424 valence electrons. The molecule has 78 heavy (non-hydrogen) atoms. The van der Waals surface area contributed by atoms with Gasteiger partial charge in [0, 0.05) is 49.8 Å². The first-order chi connectivity index (χ1) is 37.1. The normalized spacial score (nSPS) is 15.6. The van der Waals surface area contributed by atoms with Crippen molar-refractivity contribution in [2.24, 2.45) is 5.92 Å². The number of amides is 6. The molecule has 27 heteroatoms. The van der Waals surface area contributed by atoms with E-state index in [2.05, 4.69) is 85.2 Å². The summed E-state index contributed by atoms with van der Waals surface area (Å²) >= 11 is 5.54. The van der Waals surface area contributed by atoms with Gasteiger partial charge in [0.15, 0.2) is 5.78 Å². The Balaban J connectivity index is 0.926. The Labute approximate surface area is 473 Å². The summed E-state index contributed by atoms with van der Waals surface area (Å²) in [4.78, 5) is 116. The van der Waals surface area contributed by atoms with Crippen LogP contribution in [0.1, 0.15) is 75.8 Å². The highest BCUT2D eigenvalue weighted by Gasteiger charge is 2.44. The Morgan fingerprint density at radius 1 is 0.833 bits per heavy atom. The summed E-state index contributed by atoms with van der Waals surface area (Å²) in [6, 6.07) is 7.22.